The van der Waals surface area contributed by atoms with Crippen LogP contribution in [-0.4, -0.2) is 24.6 Å². The van der Waals surface area contributed by atoms with Crippen LogP contribution < -0.4 is 0 Å². The van der Waals surface area contributed by atoms with Crippen LogP contribution in [-0.2, 0) is 14.3 Å². The predicted molar refractivity (Wildman–Crippen MR) is 92.6 cm³/mol. The molecule has 0 bridgehead atoms. The van der Waals surface area contributed by atoms with Crippen LogP contribution in [0.2, 0.25) is 0 Å². The molecule has 1 aliphatic carbocycles. The Morgan fingerprint density at radius 3 is 2.42 bits per heavy atom. The van der Waals surface area contributed by atoms with Crippen LogP contribution in [0.4, 0.5) is 0 Å². The largest absolute Gasteiger partial charge is 0.465 e. The van der Waals surface area contributed by atoms with Crippen LogP contribution in [0, 0.1) is 17.3 Å². The average Bonchev–Trinajstić information content (AvgIpc) is 2.98. The summed E-state index contributed by atoms with van der Waals surface area (Å²) in [7, 11) is 0. The van der Waals surface area contributed by atoms with Crippen molar-refractivity contribution in [3.63, 3.8) is 0 Å². The summed E-state index contributed by atoms with van der Waals surface area (Å²) in [6, 6.07) is 8.92. The second kappa shape index (κ2) is 7.82. The Morgan fingerprint density at radius 1 is 1.17 bits per heavy atom. The van der Waals surface area contributed by atoms with E-state index in [0.29, 0.717) is 25.0 Å². The first-order valence-corrected chi connectivity index (χ1v) is 8.81. The van der Waals surface area contributed by atoms with Gasteiger partial charge in [0.2, 0.25) is 0 Å². The van der Waals surface area contributed by atoms with Crippen molar-refractivity contribution >= 4 is 11.9 Å². The van der Waals surface area contributed by atoms with Crippen molar-refractivity contribution in [1.82, 2.24) is 0 Å². The molecule has 0 heterocycles. The quantitative estimate of drug-likeness (QED) is 0.731. The number of hydrogen-bond donors (Lipinski definition) is 0. The summed E-state index contributed by atoms with van der Waals surface area (Å²) in [4.78, 5) is 25.3. The fourth-order valence-electron chi connectivity index (χ4n) is 3.44. The lowest BCUT2D eigenvalue weighted by molar-refractivity contribution is -0.167. The summed E-state index contributed by atoms with van der Waals surface area (Å²) < 4.78 is 11.3. The van der Waals surface area contributed by atoms with Crippen LogP contribution in [0.15, 0.2) is 30.3 Å². The Hall–Kier alpha value is -1.84. The van der Waals surface area contributed by atoms with Gasteiger partial charge in [-0.1, -0.05) is 45.9 Å². The van der Waals surface area contributed by atoms with Crippen molar-refractivity contribution in [2.24, 2.45) is 17.3 Å². The Bertz CT molecular complexity index is 564. The molecule has 0 spiro atoms. The molecule has 0 amide bonds. The van der Waals surface area contributed by atoms with Gasteiger partial charge in [-0.2, -0.15) is 0 Å². The SMILES string of the molecule is CC(C)COC(=O)C1(C(C)C)CCCC1OC(=O)c1ccccc1. The van der Waals surface area contributed by atoms with Crippen molar-refractivity contribution in [1.29, 1.82) is 0 Å². The zero-order chi connectivity index (χ0) is 17.7. The molecule has 2 rings (SSSR count). The standard InChI is InChI=1S/C20H28O4/c1-14(2)13-23-19(22)20(15(3)4)12-8-11-17(20)24-18(21)16-9-6-5-7-10-16/h5-7,9-10,14-15,17H,8,11-13H2,1-4H3. The van der Waals surface area contributed by atoms with E-state index in [1.807, 2.05) is 33.8 Å². The highest BCUT2D eigenvalue weighted by molar-refractivity contribution is 5.90. The third-order valence-corrected chi connectivity index (χ3v) is 4.85. The molecule has 0 saturated heterocycles. The van der Waals surface area contributed by atoms with E-state index in [0.717, 1.165) is 6.42 Å². The molecule has 1 fully saturated rings. The number of benzene rings is 1. The first-order chi connectivity index (χ1) is 11.4. The molecule has 1 aliphatic rings. The maximum atomic E-state index is 12.8. The summed E-state index contributed by atoms with van der Waals surface area (Å²) >= 11 is 0. The number of rotatable bonds is 6. The van der Waals surface area contributed by atoms with Gasteiger partial charge in [-0.05, 0) is 43.2 Å². The average molecular weight is 332 g/mol. The summed E-state index contributed by atoms with van der Waals surface area (Å²) in [5, 5.41) is 0. The summed E-state index contributed by atoms with van der Waals surface area (Å²) in [5.41, 5.74) is -0.225. The summed E-state index contributed by atoms with van der Waals surface area (Å²) in [6.07, 6.45) is 1.84. The zero-order valence-corrected chi connectivity index (χ0v) is 15.1. The fraction of sp³-hybridized carbons (Fsp3) is 0.600. The second-order valence-electron chi connectivity index (χ2n) is 7.34. The van der Waals surface area contributed by atoms with Crippen molar-refractivity contribution in [2.45, 2.75) is 53.1 Å². The van der Waals surface area contributed by atoms with E-state index >= 15 is 0 Å². The molecular formula is C20H28O4. The molecular weight excluding hydrogens is 304 g/mol. The number of esters is 2. The van der Waals surface area contributed by atoms with E-state index in [9.17, 15) is 9.59 Å². The van der Waals surface area contributed by atoms with E-state index < -0.39 is 11.5 Å². The number of carbonyl (C=O) groups is 2. The molecule has 24 heavy (non-hydrogen) atoms. The Kier molecular flexibility index (Phi) is 6.03. The lowest BCUT2D eigenvalue weighted by Crippen LogP contribution is -2.46. The molecule has 0 radical (unpaired) electrons. The van der Waals surface area contributed by atoms with Crippen LogP contribution >= 0.6 is 0 Å². The molecule has 132 valence electrons. The monoisotopic (exact) mass is 332 g/mol. The summed E-state index contributed by atoms with van der Waals surface area (Å²) in [5.74, 6) is -0.267. The topological polar surface area (TPSA) is 52.6 Å². The van der Waals surface area contributed by atoms with Gasteiger partial charge in [0.05, 0.1) is 12.2 Å². The van der Waals surface area contributed by atoms with Crippen LogP contribution in [0.25, 0.3) is 0 Å². The number of hydrogen-bond acceptors (Lipinski definition) is 4. The highest BCUT2D eigenvalue weighted by Crippen LogP contribution is 2.47. The highest BCUT2D eigenvalue weighted by atomic mass is 16.6. The molecule has 1 aromatic carbocycles. The molecule has 2 unspecified atom stereocenters. The van der Waals surface area contributed by atoms with Gasteiger partial charge in [-0.3, -0.25) is 4.79 Å². The molecule has 0 N–H and O–H groups in total. The Morgan fingerprint density at radius 2 is 1.83 bits per heavy atom. The van der Waals surface area contributed by atoms with E-state index in [4.69, 9.17) is 9.47 Å². The van der Waals surface area contributed by atoms with Crippen molar-refractivity contribution in [3.8, 4) is 0 Å². The first kappa shape index (κ1) is 18.5. The predicted octanol–water partition coefficient (Wildman–Crippen LogP) is 4.24. The van der Waals surface area contributed by atoms with Gasteiger partial charge in [0.25, 0.3) is 0 Å². The maximum Gasteiger partial charge on any atom is 0.338 e. The van der Waals surface area contributed by atoms with E-state index in [-0.39, 0.29) is 23.8 Å². The minimum Gasteiger partial charge on any atom is -0.465 e. The highest BCUT2D eigenvalue weighted by Gasteiger charge is 2.54. The minimum absolute atomic E-state index is 0.0493. The second-order valence-corrected chi connectivity index (χ2v) is 7.34. The molecule has 2 atom stereocenters. The van der Waals surface area contributed by atoms with Gasteiger partial charge in [0, 0.05) is 0 Å². The third kappa shape index (κ3) is 3.80. The molecule has 4 heteroatoms. The van der Waals surface area contributed by atoms with Gasteiger partial charge in [0.1, 0.15) is 11.5 Å². The number of ether oxygens (including phenoxy) is 2. The molecule has 0 aliphatic heterocycles. The van der Waals surface area contributed by atoms with Gasteiger partial charge < -0.3 is 9.47 Å². The van der Waals surface area contributed by atoms with E-state index in [1.165, 1.54) is 0 Å². The minimum atomic E-state index is -0.737. The van der Waals surface area contributed by atoms with Gasteiger partial charge in [-0.15, -0.1) is 0 Å². The molecule has 0 aromatic heterocycles. The lowest BCUT2D eigenvalue weighted by Gasteiger charge is -2.36. The Balaban J connectivity index is 2.17. The van der Waals surface area contributed by atoms with E-state index in [1.54, 1.807) is 24.3 Å². The summed E-state index contributed by atoms with van der Waals surface area (Å²) in [6.45, 7) is 8.43. The van der Waals surface area contributed by atoms with Crippen molar-refractivity contribution in [2.75, 3.05) is 6.61 Å². The maximum absolute atomic E-state index is 12.8. The van der Waals surface area contributed by atoms with E-state index in [2.05, 4.69) is 0 Å². The van der Waals surface area contributed by atoms with Crippen LogP contribution in [0.1, 0.15) is 57.3 Å². The van der Waals surface area contributed by atoms with Gasteiger partial charge >= 0.3 is 11.9 Å². The van der Waals surface area contributed by atoms with Crippen molar-refractivity contribution < 1.29 is 19.1 Å². The van der Waals surface area contributed by atoms with Gasteiger partial charge in [-0.25, -0.2) is 4.79 Å². The molecule has 1 aromatic rings. The Labute approximate surface area is 144 Å². The first-order valence-electron chi connectivity index (χ1n) is 8.81. The third-order valence-electron chi connectivity index (χ3n) is 4.85. The molecule has 1 saturated carbocycles. The van der Waals surface area contributed by atoms with Gasteiger partial charge in [0.15, 0.2) is 0 Å². The van der Waals surface area contributed by atoms with Crippen molar-refractivity contribution in [3.05, 3.63) is 35.9 Å². The molecule has 4 nitrogen and oxygen atoms in total. The normalized spacial score (nSPS) is 23.5. The fourth-order valence-corrected chi connectivity index (χ4v) is 3.44. The van der Waals surface area contributed by atoms with Crippen LogP contribution in [0.3, 0.4) is 0 Å². The lowest BCUT2D eigenvalue weighted by atomic mass is 9.74. The zero-order valence-electron chi connectivity index (χ0n) is 15.1. The van der Waals surface area contributed by atoms with Crippen LogP contribution in [0.5, 0.6) is 0 Å². The number of carbonyl (C=O) groups excluding carboxylic acids is 2. The smallest absolute Gasteiger partial charge is 0.338 e.